The molecule has 11 heteroatoms. The Labute approximate surface area is 175 Å². The van der Waals surface area contributed by atoms with Crippen molar-refractivity contribution in [2.24, 2.45) is 0 Å². The molecule has 3 N–H and O–H groups in total. The first kappa shape index (κ1) is 20.0. The summed E-state index contributed by atoms with van der Waals surface area (Å²) in [5.74, 6) is 0.660. The zero-order valence-electron chi connectivity index (χ0n) is 16.4. The largest absolute Gasteiger partial charge is 0.339 e. The van der Waals surface area contributed by atoms with Gasteiger partial charge in [-0.15, -0.1) is 0 Å². The van der Waals surface area contributed by atoms with Gasteiger partial charge in [0.05, 0.1) is 21.8 Å². The summed E-state index contributed by atoms with van der Waals surface area (Å²) in [5.41, 5.74) is 1.99. The summed E-state index contributed by atoms with van der Waals surface area (Å²) in [7, 11) is 0. The van der Waals surface area contributed by atoms with Gasteiger partial charge in [0, 0.05) is 24.7 Å². The van der Waals surface area contributed by atoms with Crippen molar-refractivity contribution in [2.45, 2.75) is 25.7 Å². The average molecular weight is 429 g/mol. The van der Waals surface area contributed by atoms with Crippen LogP contribution >= 0.6 is 11.3 Å². The summed E-state index contributed by atoms with van der Waals surface area (Å²) < 4.78 is 19.1. The number of halogens is 1. The Bertz CT molecular complexity index is 1150. The number of alkyl halides is 1. The van der Waals surface area contributed by atoms with Crippen LogP contribution in [0.25, 0.3) is 21.3 Å². The lowest BCUT2D eigenvalue weighted by molar-refractivity contribution is 0.252. The molecule has 4 rings (SSSR count). The van der Waals surface area contributed by atoms with Crippen LogP contribution < -0.4 is 10.6 Å². The molecule has 0 spiro atoms. The quantitative estimate of drug-likeness (QED) is 0.412. The first-order chi connectivity index (χ1) is 14.4. The molecule has 0 fully saturated rings. The molecule has 0 atom stereocenters. The van der Waals surface area contributed by atoms with Crippen LogP contribution in [0.3, 0.4) is 0 Å². The van der Waals surface area contributed by atoms with E-state index < -0.39 is 12.1 Å². The SMILES string of the molecule is CC(C)(CF)c1nc(CCNC(=O)Nc2nc3ccc(-c4cn[nH]c4)cc3s2)no1. The van der Waals surface area contributed by atoms with Crippen molar-refractivity contribution in [2.75, 3.05) is 18.5 Å². The maximum Gasteiger partial charge on any atom is 0.321 e. The number of nitrogens with zero attached hydrogens (tertiary/aromatic N) is 4. The molecule has 156 valence electrons. The number of nitrogens with one attached hydrogen (secondary N) is 3. The second-order valence-corrected chi connectivity index (χ2v) is 8.38. The first-order valence-corrected chi connectivity index (χ1v) is 10.1. The van der Waals surface area contributed by atoms with Gasteiger partial charge in [-0.3, -0.25) is 10.4 Å². The molecule has 0 saturated carbocycles. The van der Waals surface area contributed by atoms with Crippen LogP contribution in [0.2, 0.25) is 0 Å². The number of benzene rings is 1. The molecule has 0 bridgehead atoms. The predicted octanol–water partition coefficient (Wildman–Crippen LogP) is 3.68. The lowest BCUT2D eigenvalue weighted by atomic mass is 9.96. The Morgan fingerprint density at radius 1 is 1.30 bits per heavy atom. The summed E-state index contributed by atoms with van der Waals surface area (Å²) in [5, 5.41) is 16.5. The highest BCUT2D eigenvalue weighted by atomic mass is 32.1. The van der Waals surface area contributed by atoms with E-state index in [4.69, 9.17) is 4.52 Å². The molecule has 3 heterocycles. The topological polar surface area (TPSA) is 122 Å². The van der Waals surface area contributed by atoms with Crippen LogP contribution in [0.1, 0.15) is 25.6 Å². The Hall–Kier alpha value is -3.34. The van der Waals surface area contributed by atoms with Gasteiger partial charge >= 0.3 is 6.03 Å². The number of aromatic nitrogens is 5. The number of carbonyl (C=O) groups is 1. The van der Waals surface area contributed by atoms with E-state index in [0.717, 1.165) is 21.3 Å². The molecule has 30 heavy (non-hydrogen) atoms. The van der Waals surface area contributed by atoms with Gasteiger partial charge in [-0.2, -0.15) is 10.1 Å². The van der Waals surface area contributed by atoms with Crippen LogP contribution in [-0.4, -0.2) is 44.6 Å². The van der Waals surface area contributed by atoms with Crippen LogP contribution in [-0.2, 0) is 11.8 Å². The van der Waals surface area contributed by atoms with Gasteiger partial charge in [0.15, 0.2) is 11.0 Å². The smallest absolute Gasteiger partial charge is 0.321 e. The van der Waals surface area contributed by atoms with E-state index >= 15 is 0 Å². The van der Waals surface area contributed by atoms with Gasteiger partial charge in [-0.1, -0.05) is 22.6 Å². The second kappa shape index (κ2) is 8.19. The van der Waals surface area contributed by atoms with Gasteiger partial charge in [0.2, 0.25) is 5.89 Å². The van der Waals surface area contributed by atoms with Crippen molar-refractivity contribution in [3.8, 4) is 11.1 Å². The van der Waals surface area contributed by atoms with Gasteiger partial charge in [0.1, 0.15) is 6.67 Å². The summed E-state index contributed by atoms with van der Waals surface area (Å²) in [6.07, 6.45) is 3.94. The van der Waals surface area contributed by atoms with Crippen molar-refractivity contribution in [3.05, 3.63) is 42.3 Å². The van der Waals surface area contributed by atoms with Gasteiger partial charge in [-0.25, -0.2) is 14.2 Å². The minimum atomic E-state index is -0.819. The number of hydrogen-bond donors (Lipinski definition) is 3. The third-order valence-corrected chi connectivity index (χ3v) is 5.39. The number of carbonyl (C=O) groups excluding carboxylic acids is 1. The summed E-state index contributed by atoms with van der Waals surface area (Å²) in [6, 6.07) is 5.49. The van der Waals surface area contributed by atoms with Crippen molar-refractivity contribution in [1.29, 1.82) is 0 Å². The minimum absolute atomic E-state index is 0.244. The lowest BCUT2D eigenvalue weighted by Gasteiger charge is -2.13. The Morgan fingerprint density at radius 3 is 2.93 bits per heavy atom. The molecule has 4 aromatic rings. The van der Waals surface area contributed by atoms with Crippen molar-refractivity contribution < 1.29 is 13.7 Å². The summed E-state index contributed by atoms with van der Waals surface area (Å²) in [6.45, 7) is 3.08. The van der Waals surface area contributed by atoms with Crippen LogP contribution in [0, 0.1) is 0 Å². The van der Waals surface area contributed by atoms with E-state index in [1.807, 2.05) is 24.4 Å². The van der Waals surface area contributed by atoms with Crippen molar-refractivity contribution in [3.63, 3.8) is 0 Å². The highest BCUT2D eigenvalue weighted by molar-refractivity contribution is 7.22. The molecule has 0 saturated heterocycles. The van der Waals surface area contributed by atoms with Crippen molar-refractivity contribution in [1.82, 2.24) is 30.6 Å². The molecule has 0 aliphatic carbocycles. The number of amides is 2. The summed E-state index contributed by atoms with van der Waals surface area (Å²) in [4.78, 5) is 20.8. The zero-order chi connectivity index (χ0) is 21.1. The fraction of sp³-hybridized carbons (Fsp3) is 0.316. The Morgan fingerprint density at radius 2 is 2.17 bits per heavy atom. The molecule has 3 aromatic heterocycles. The number of aromatic amines is 1. The second-order valence-electron chi connectivity index (χ2n) is 7.35. The van der Waals surface area contributed by atoms with Gasteiger partial charge < -0.3 is 9.84 Å². The van der Waals surface area contributed by atoms with Crippen LogP contribution in [0.5, 0.6) is 0 Å². The molecule has 0 unspecified atom stereocenters. The fourth-order valence-corrected chi connectivity index (χ4v) is 3.58. The third-order valence-electron chi connectivity index (χ3n) is 4.46. The maximum absolute atomic E-state index is 13.0. The number of rotatable bonds is 7. The lowest BCUT2D eigenvalue weighted by Crippen LogP contribution is -2.30. The molecule has 0 aliphatic heterocycles. The first-order valence-electron chi connectivity index (χ1n) is 9.28. The minimum Gasteiger partial charge on any atom is -0.339 e. The molecule has 0 aliphatic rings. The van der Waals surface area contributed by atoms with E-state index in [1.165, 1.54) is 11.3 Å². The zero-order valence-corrected chi connectivity index (χ0v) is 17.2. The molecular weight excluding hydrogens is 409 g/mol. The molecule has 0 radical (unpaired) electrons. The highest BCUT2D eigenvalue weighted by Gasteiger charge is 2.27. The van der Waals surface area contributed by atoms with E-state index in [-0.39, 0.29) is 11.9 Å². The monoisotopic (exact) mass is 429 g/mol. The van der Waals surface area contributed by atoms with Crippen molar-refractivity contribution >= 4 is 32.7 Å². The van der Waals surface area contributed by atoms with Crippen LogP contribution in [0.15, 0.2) is 35.1 Å². The number of H-pyrrole nitrogens is 1. The van der Waals surface area contributed by atoms with E-state index in [0.29, 0.717) is 23.9 Å². The number of anilines is 1. The molecule has 1 aromatic carbocycles. The Balaban J connectivity index is 1.32. The predicted molar refractivity (Wildman–Crippen MR) is 111 cm³/mol. The maximum atomic E-state index is 13.0. The number of urea groups is 1. The summed E-state index contributed by atoms with van der Waals surface area (Å²) >= 11 is 1.39. The number of thiazole rings is 1. The third kappa shape index (κ3) is 4.30. The normalized spacial score (nSPS) is 11.7. The Kier molecular flexibility index (Phi) is 5.44. The standard InChI is InChI=1S/C19H20FN7O2S/c1-19(2,10-20)16-25-15(27-29-16)5-6-21-17(28)26-18-24-13-4-3-11(7-14(13)30-18)12-8-22-23-9-12/h3-4,7-9H,5-6,10H2,1-2H3,(H,22,23)(H2,21,24,26,28). The van der Waals surface area contributed by atoms with Gasteiger partial charge in [0.25, 0.3) is 0 Å². The highest BCUT2D eigenvalue weighted by Crippen LogP contribution is 2.30. The average Bonchev–Trinajstić information content (AvgIpc) is 3.47. The van der Waals surface area contributed by atoms with E-state index in [1.54, 1.807) is 20.0 Å². The van der Waals surface area contributed by atoms with Crippen LogP contribution in [0.4, 0.5) is 14.3 Å². The van der Waals surface area contributed by atoms with E-state index in [2.05, 4.69) is 36.0 Å². The fourth-order valence-electron chi connectivity index (χ4n) is 2.68. The molecule has 2 amide bonds. The van der Waals surface area contributed by atoms with Gasteiger partial charge in [-0.05, 0) is 31.5 Å². The number of fused-ring (bicyclic) bond motifs is 1. The molecular formula is C19H20FN7O2S. The molecule has 9 nitrogen and oxygen atoms in total. The van der Waals surface area contributed by atoms with E-state index in [9.17, 15) is 9.18 Å². The number of hydrogen-bond acceptors (Lipinski definition) is 7.